The zero-order valence-electron chi connectivity index (χ0n) is 8.43. The van der Waals surface area contributed by atoms with Gasteiger partial charge in [-0.2, -0.15) is 0 Å². The van der Waals surface area contributed by atoms with Gasteiger partial charge in [0.25, 0.3) is 0 Å². The molecule has 2 rings (SSSR count). The van der Waals surface area contributed by atoms with Crippen molar-refractivity contribution in [2.45, 2.75) is 19.8 Å². The molecule has 15 heavy (non-hydrogen) atoms. The molecule has 0 atom stereocenters. The van der Waals surface area contributed by atoms with Crippen LogP contribution < -0.4 is 5.73 Å². The molecule has 0 radical (unpaired) electrons. The molecule has 1 fully saturated rings. The Morgan fingerprint density at radius 2 is 2.00 bits per heavy atom. The second-order valence-electron chi connectivity index (χ2n) is 3.86. The van der Waals surface area contributed by atoms with Crippen LogP contribution in [0.25, 0.3) is 0 Å². The van der Waals surface area contributed by atoms with E-state index < -0.39 is 0 Å². The number of nitrogens with two attached hydrogens (primary N) is 1. The molecule has 0 aliphatic heterocycles. The molecule has 1 aliphatic carbocycles. The number of aryl methyl sites for hydroxylation is 1. The third-order valence-electron chi connectivity index (χ3n) is 2.47. The van der Waals surface area contributed by atoms with Gasteiger partial charge in [0, 0.05) is 10.9 Å². The molecule has 80 valence electrons. The van der Waals surface area contributed by atoms with Gasteiger partial charge >= 0.3 is 0 Å². The van der Waals surface area contributed by atoms with E-state index in [0.29, 0.717) is 27.5 Å². The van der Waals surface area contributed by atoms with Crippen molar-refractivity contribution < 1.29 is 0 Å². The number of nitrogens with zero attached hydrogens (tertiary/aromatic N) is 1. The van der Waals surface area contributed by atoms with Gasteiger partial charge in [-0.1, -0.05) is 23.2 Å². The van der Waals surface area contributed by atoms with Crippen molar-refractivity contribution in [1.82, 2.24) is 0 Å². The number of hydrogen-bond acceptors (Lipinski definition) is 1. The number of rotatable bonds is 2. The number of halogens is 2. The van der Waals surface area contributed by atoms with Crippen LogP contribution in [0.4, 0.5) is 5.69 Å². The highest BCUT2D eigenvalue weighted by molar-refractivity contribution is 6.35. The first-order valence-electron chi connectivity index (χ1n) is 4.87. The second-order valence-corrected chi connectivity index (χ2v) is 4.68. The molecule has 2 nitrogen and oxygen atoms in total. The third kappa shape index (κ3) is 2.44. The highest BCUT2D eigenvalue weighted by atomic mass is 35.5. The summed E-state index contributed by atoms with van der Waals surface area (Å²) in [6.07, 6.45) is 2.26. The lowest BCUT2D eigenvalue weighted by Gasteiger charge is -2.04. The quantitative estimate of drug-likeness (QED) is 0.624. The smallest absolute Gasteiger partial charge is 0.103 e. The van der Waals surface area contributed by atoms with E-state index in [0.717, 1.165) is 18.4 Å². The van der Waals surface area contributed by atoms with Gasteiger partial charge in [0.1, 0.15) is 5.84 Å². The first-order chi connectivity index (χ1) is 7.08. The van der Waals surface area contributed by atoms with E-state index in [1.54, 1.807) is 6.07 Å². The Morgan fingerprint density at radius 3 is 2.60 bits per heavy atom. The lowest BCUT2D eigenvalue weighted by molar-refractivity contribution is 1.15. The normalized spacial score (nSPS) is 16.9. The van der Waals surface area contributed by atoms with Crippen LogP contribution in [0.5, 0.6) is 0 Å². The van der Waals surface area contributed by atoms with Crippen molar-refractivity contribution in [3.63, 3.8) is 0 Å². The topological polar surface area (TPSA) is 38.4 Å². The van der Waals surface area contributed by atoms with Gasteiger partial charge in [-0.15, -0.1) is 0 Å². The molecule has 1 aliphatic rings. The van der Waals surface area contributed by atoms with Gasteiger partial charge in [0.15, 0.2) is 0 Å². The molecule has 0 saturated heterocycles. The van der Waals surface area contributed by atoms with E-state index in [-0.39, 0.29) is 0 Å². The van der Waals surface area contributed by atoms with E-state index in [1.807, 2.05) is 13.0 Å². The van der Waals surface area contributed by atoms with Crippen molar-refractivity contribution in [2.75, 3.05) is 0 Å². The third-order valence-corrected chi connectivity index (χ3v) is 3.18. The summed E-state index contributed by atoms with van der Waals surface area (Å²) in [5, 5.41) is 1.27. The Balaban J connectivity index is 2.35. The predicted octanol–water partition coefficient (Wildman–Crippen LogP) is 3.70. The summed E-state index contributed by atoms with van der Waals surface area (Å²) in [4.78, 5) is 4.30. The van der Waals surface area contributed by atoms with Crippen molar-refractivity contribution in [1.29, 1.82) is 0 Å². The fraction of sp³-hybridized carbons (Fsp3) is 0.364. The summed E-state index contributed by atoms with van der Waals surface area (Å²) in [7, 11) is 0. The maximum Gasteiger partial charge on any atom is 0.103 e. The summed E-state index contributed by atoms with van der Waals surface area (Å²) in [5.41, 5.74) is 7.43. The zero-order valence-corrected chi connectivity index (χ0v) is 9.94. The molecule has 0 spiro atoms. The van der Waals surface area contributed by atoms with Gasteiger partial charge in [-0.05, 0) is 37.5 Å². The van der Waals surface area contributed by atoms with Crippen LogP contribution in [0.1, 0.15) is 18.4 Å². The maximum absolute atomic E-state index is 6.05. The average molecular weight is 243 g/mol. The molecule has 0 heterocycles. The van der Waals surface area contributed by atoms with Crippen LogP contribution >= 0.6 is 23.2 Å². The molecule has 0 aromatic heterocycles. The summed E-state index contributed by atoms with van der Waals surface area (Å²) in [5.74, 6) is 1.11. The molecule has 0 amide bonds. The summed E-state index contributed by atoms with van der Waals surface area (Å²) in [6.45, 7) is 1.91. The van der Waals surface area contributed by atoms with Gasteiger partial charge in [-0.3, -0.25) is 0 Å². The molecule has 1 aromatic carbocycles. The van der Waals surface area contributed by atoms with Crippen molar-refractivity contribution in [2.24, 2.45) is 16.6 Å². The van der Waals surface area contributed by atoms with Gasteiger partial charge in [0.2, 0.25) is 0 Å². The van der Waals surface area contributed by atoms with Gasteiger partial charge in [0.05, 0.1) is 10.7 Å². The predicted molar refractivity (Wildman–Crippen MR) is 65.2 cm³/mol. The van der Waals surface area contributed by atoms with Crippen molar-refractivity contribution in [3.05, 3.63) is 27.7 Å². The van der Waals surface area contributed by atoms with E-state index in [1.165, 1.54) is 0 Å². The van der Waals surface area contributed by atoms with Crippen LogP contribution in [-0.4, -0.2) is 5.84 Å². The SMILES string of the molecule is Cc1cc(Cl)c(N=C(N)C2CC2)cc1Cl. The molecular formula is C11H12Cl2N2. The molecule has 0 bridgehead atoms. The van der Waals surface area contributed by atoms with Gasteiger partial charge in [-0.25, -0.2) is 4.99 Å². The molecule has 2 N–H and O–H groups in total. The Bertz CT molecular complexity index is 423. The van der Waals surface area contributed by atoms with Crippen LogP contribution in [0.3, 0.4) is 0 Å². The minimum Gasteiger partial charge on any atom is -0.387 e. The zero-order chi connectivity index (χ0) is 11.0. The number of hydrogen-bond donors (Lipinski definition) is 1. The van der Waals surface area contributed by atoms with E-state index >= 15 is 0 Å². The Labute approximate surface area is 99.1 Å². The van der Waals surface area contributed by atoms with Crippen LogP contribution in [0, 0.1) is 12.8 Å². The first-order valence-corrected chi connectivity index (χ1v) is 5.63. The molecule has 4 heteroatoms. The Morgan fingerprint density at radius 1 is 1.33 bits per heavy atom. The van der Waals surface area contributed by atoms with Gasteiger partial charge < -0.3 is 5.73 Å². The molecular weight excluding hydrogens is 231 g/mol. The highest BCUT2D eigenvalue weighted by Crippen LogP contribution is 2.34. The molecule has 0 unspecified atom stereocenters. The standard InChI is InChI=1S/C11H12Cl2N2/c1-6-4-9(13)10(5-8(6)12)15-11(14)7-2-3-7/h4-5,7H,2-3H2,1H3,(H2,14,15). The summed E-state index contributed by atoms with van der Waals surface area (Å²) in [6, 6.07) is 3.57. The van der Waals surface area contributed by atoms with Crippen LogP contribution in [0.15, 0.2) is 17.1 Å². The van der Waals surface area contributed by atoms with E-state index in [9.17, 15) is 0 Å². The maximum atomic E-state index is 6.05. The first kappa shape index (κ1) is 10.8. The fourth-order valence-electron chi connectivity index (χ4n) is 1.33. The number of aliphatic imine (C=N–C) groups is 1. The molecule has 1 saturated carbocycles. The average Bonchev–Trinajstić information content (AvgIpc) is 2.97. The van der Waals surface area contributed by atoms with E-state index in [4.69, 9.17) is 28.9 Å². The summed E-state index contributed by atoms with van der Waals surface area (Å²) < 4.78 is 0. The number of benzene rings is 1. The highest BCUT2D eigenvalue weighted by Gasteiger charge is 2.25. The van der Waals surface area contributed by atoms with Crippen LogP contribution in [0.2, 0.25) is 10.0 Å². The minimum absolute atomic E-state index is 0.446. The van der Waals surface area contributed by atoms with Crippen LogP contribution in [-0.2, 0) is 0 Å². The second kappa shape index (κ2) is 4.03. The number of amidine groups is 1. The fourth-order valence-corrected chi connectivity index (χ4v) is 1.75. The largest absolute Gasteiger partial charge is 0.387 e. The minimum atomic E-state index is 0.446. The van der Waals surface area contributed by atoms with Crippen molar-refractivity contribution in [3.8, 4) is 0 Å². The van der Waals surface area contributed by atoms with Crippen molar-refractivity contribution >= 4 is 34.7 Å². The monoisotopic (exact) mass is 242 g/mol. The van der Waals surface area contributed by atoms with E-state index in [2.05, 4.69) is 4.99 Å². The molecule has 1 aromatic rings. The Hall–Kier alpha value is -0.730. The Kier molecular flexibility index (Phi) is 2.89. The lowest BCUT2D eigenvalue weighted by atomic mass is 10.2. The lowest BCUT2D eigenvalue weighted by Crippen LogP contribution is -2.13. The summed E-state index contributed by atoms with van der Waals surface area (Å²) >= 11 is 12.0.